The Labute approximate surface area is 147 Å². The van der Waals surface area contributed by atoms with Crippen molar-refractivity contribution in [3.05, 3.63) is 57.5 Å². The van der Waals surface area contributed by atoms with E-state index in [9.17, 15) is 9.59 Å². The van der Waals surface area contributed by atoms with E-state index >= 15 is 0 Å². The first-order valence-corrected chi connectivity index (χ1v) is 8.41. The van der Waals surface area contributed by atoms with E-state index in [1.165, 1.54) is 6.07 Å². The van der Waals surface area contributed by atoms with Crippen LogP contribution in [0.15, 0.2) is 35.1 Å². The fraction of sp³-hybridized carbons (Fsp3) is 0.368. The number of H-pyrrole nitrogens is 1. The van der Waals surface area contributed by atoms with Crippen LogP contribution in [-0.2, 0) is 6.42 Å². The summed E-state index contributed by atoms with van der Waals surface area (Å²) in [7, 11) is 0. The maximum atomic E-state index is 12.1. The highest BCUT2D eigenvalue weighted by atomic mass is 16.5. The molecule has 25 heavy (non-hydrogen) atoms. The monoisotopic (exact) mass is 344 g/mol. The Balaban J connectivity index is 1.97. The van der Waals surface area contributed by atoms with Crippen molar-refractivity contribution >= 4 is 5.91 Å². The molecule has 6 heteroatoms. The number of aromatic amines is 1. The van der Waals surface area contributed by atoms with Crippen LogP contribution in [0.2, 0.25) is 0 Å². The van der Waals surface area contributed by atoms with Crippen LogP contribution in [-0.4, -0.2) is 30.6 Å². The third-order valence-corrected chi connectivity index (χ3v) is 3.61. The van der Waals surface area contributed by atoms with Gasteiger partial charge in [-0.1, -0.05) is 6.07 Å². The largest absolute Gasteiger partial charge is 0.490 e. The molecule has 0 aliphatic carbocycles. The standard InChI is InChI=1S/C19H24N2O4/c1-4-24-16-9-7-14(12-17(16)25-5-2)10-11-20-18(22)15-8-6-13(3)21-19(15)23/h6-9,12H,4-5,10-11H2,1-3H3,(H,20,22)(H,21,23). The molecule has 0 aliphatic rings. The molecule has 0 bridgehead atoms. The van der Waals surface area contributed by atoms with Gasteiger partial charge in [-0.05, 0) is 57.0 Å². The van der Waals surface area contributed by atoms with Gasteiger partial charge in [0, 0.05) is 12.2 Å². The molecule has 0 saturated carbocycles. The smallest absolute Gasteiger partial charge is 0.260 e. The summed E-state index contributed by atoms with van der Waals surface area (Å²) in [6.07, 6.45) is 0.627. The summed E-state index contributed by atoms with van der Waals surface area (Å²) in [5.41, 5.74) is 1.48. The average Bonchev–Trinajstić information content (AvgIpc) is 2.57. The molecule has 0 spiro atoms. The molecule has 1 aromatic heterocycles. The topological polar surface area (TPSA) is 80.4 Å². The first-order chi connectivity index (χ1) is 12.0. The van der Waals surface area contributed by atoms with Crippen LogP contribution < -0.4 is 20.3 Å². The van der Waals surface area contributed by atoms with Crippen LogP contribution in [0.25, 0.3) is 0 Å². The molecule has 0 aliphatic heterocycles. The van der Waals surface area contributed by atoms with Gasteiger partial charge in [0.1, 0.15) is 5.56 Å². The molecule has 0 radical (unpaired) electrons. The quantitative estimate of drug-likeness (QED) is 0.771. The molecule has 1 aromatic carbocycles. The molecule has 2 N–H and O–H groups in total. The van der Waals surface area contributed by atoms with Crippen molar-refractivity contribution in [2.24, 2.45) is 0 Å². The van der Waals surface area contributed by atoms with Crippen LogP contribution >= 0.6 is 0 Å². The minimum atomic E-state index is -0.378. The lowest BCUT2D eigenvalue weighted by Crippen LogP contribution is -2.31. The number of hydrogen-bond acceptors (Lipinski definition) is 4. The molecule has 0 atom stereocenters. The predicted molar refractivity (Wildman–Crippen MR) is 96.6 cm³/mol. The lowest BCUT2D eigenvalue weighted by atomic mass is 10.1. The van der Waals surface area contributed by atoms with Gasteiger partial charge >= 0.3 is 0 Å². The van der Waals surface area contributed by atoms with E-state index in [0.29, 0.717) is 37.7 Å². The van der Waals surface area contributed by atoms with Crippen LogP contribution in [0.4, 0.5) is 0 Å². The van der Waals surface area contributed by atoms with Crippen LogP contribution in [0.1, 0.15) is 35.5 Å². The first kappa shape index (κ1) is 18.6. The van der Waals surface area contributed by atoms with Crippen LogP contribution in [0.3, 0.4) is 0 Å². The van der Waals surface area contributed by atoms with Gasteiger partial charge in [-0.25, -0.2) is 0 Å². The van der Waals surface area contributed by atoms with Crippen molar-refractivity contribution < 1.29 is 14.3 Å². The van der Waals surface area contributed by atoms with E-state index in [1.54, 1.807) is 13.0 Å². The summed E-state index contributed by atoms with van der Waals surface area (Å²) in [5, 5.41) is 2.77. The molecule has 1 amide bonds. The number of carbonyl (C=O) groups excluding carboxylic acids is 1. The van der Waals surface area contributed by atoms with Gasteiger partial charge < -0.3 is 19.8 Å². The Kier molecular flexibility index (Phi) is 6.62. The molecular formula is C19H24N2O4. The lowest BCUT2D eigenvalue weighted by molar-refractivity contribution is 0.0952. The minimum Gasteiger partial charge on any atom is -0.490 e. The number of aryl methyl sites for hydroxylation is 1. The lowest BCUT2D eigenvalue weighted by Gasteiger charge is -2.12. The summed E-state index contributed by atoms with van der Waals surface area (Å²) >= 11 is 0. The summed E-state index contributed by atoms with van der Waals surface area (Å²) in [6.45, 7) is 7.15. The second kappa shape index (κ2) is 8.92. The zero-order valence-corrected chi connectivity index (χ0v) is 14.8. The van der Waals surface area contributed by atoms with Crippen molar-refractivity contribution in [3.63, 3.8) is 0 Å². The summed E-state index contributed by atoms with van der Waals surface area (Å²) < 4.78 is 11.1. The molecule has 2 aromatic rings. The maximum absolute atomic E-state index is 12.1. The predicted octanol–water partition coefficient (Wildman–Crippen LogP) is 2.45. The van der Waals surface area contributed by atoms with E-state index in [0.717, 1.165) is 11.3 Å². The van der Waals surface area contributed by atoms with Crippen molar-refractivity contribution in [1.29, 1.82) is 0 Å². The Bertz CT molecular complexity index is 783. The van der Waals surface area contributed by atoms with Gasteiger partial charge in [-0.3, -0.25) is 9.59 Å². The molecular weight excluding hydrogens is 320 g/mol. The van der Waals surface area contributed by atoms with Crippen LogP contribution in [0, 0.1) is 6.92 Å². The third-order valence-electron chi connectivity index (χ3n) is 3.61. The number of carbonyl (C=O) groups is 1. The number of pyridine rings is 1. The number of aromatic nitrogens is 1. The number of amides is 1. The van der Waals surface area contributed by atoms with E-state index in [-0.39, 0.29) is 17.0 Å². The average molecular weight is 344 g/mol. The second-order valence-electron chi connectivity index (χ2n) is 5.54. The number of rotatable bonds is 8. The SMILES string of the molecule is CCOc1ccc(CCNC(=O)c2ccc(C)[nH]c2=O)cc1OCC. The first-order valence-electron chi connectivity index (χ1n) is 8.41. The highest BCUT2D eigenvalue weighted by Crippen LogP contribution is 2.28. The van der Waals surface area contributed by atoms with Crippen molar-refractivity contribution in [2.75, 3.05) is 19.8 Å². The van der Waals surface area contributed by atoms with E-state index in [1.807, 2.05) is 32.0 Å². The normalized spacial score (nSPS) is 10.4. The molecule has 0 saturated heterocycles. The van der Waals surface area contributed by atoms with Crippen molar-refractivity contribution in [3.8, 4) is 11.5 Å². The van der Waals surface area contributed by atoms with Gasteiger partial charge in [0.2, 0.25) is 0 Å². The Hall–Kier alpha value is -2.76. The second-order valence-corrected chi connectivity index (χ2v) is 5.54. The van der Waals surface area contributed by atoms with Crippen molar-refractivity contribution in [1.82, 2.24) is 10.3 Å². The number of ether oxygens (including phenoxy) is 2. The fourth-order valence-corrected chi connectivity index (χ4v) is 2.42. The number of nitrogens with one attached hydrogen (secondary N) is 2. The molecule has 2 rings (SSSR count). The number of benzene rings is 1. The number of hydrogen-bond donors (Lipinski definition) is 2. The Morgan fingerprint density at radius 1 is 1.08 bits per heavy atom. The van der Waals surface area contributed by atoms with E-state index in [4.69, 9.17) is 9.47 Å². The van der Waals surface area contributed by atoms with Gasteiger partial charge in [-0.2, -0.15) is 0 Å². The Morgan fingerprint density at radius 3 is 2.48 bits per heavy atom. The van der Waals surface area contributed by atoms with Gasteiger partial charge in [0.05, 0.1) is 13.2 Å². The molecule has 1 heterocycles. The van der Waals surface area contributed by atoms with Crippen LogP contribution in [0.5, 0.6) is 11.5 Å². The van der Waals surface area contributed by atoms with E-state index in [2.05, 4.69) is 10.3 Å². The minimum absolute atomic E-state index is 0.118. The van der Waals surface area contributed by atoms with E-state index < -0.39 is 0 Å². The zero-order valence-electron chi connectivity index (χ0n) is 14.8. The molecule has 0 fully saturated rings. The zero-order chi connectivity index (χ0) is 18.2. The summed E-state index contributed by atoms with van der Waals surface area (Å²) in [6, 6.07) is 8.97. The Morgan fingerprint density at radius 2 is 1.80 bits per heavy atom. The summed E-state index contributed by atoms with van der Waals surface area (Å²) in [4.78, 5) is 26.5. The highest BCUT2D eigenvalue weighted by Gasteiger charge is 2.10. The maximum Gasteiger partial charge on any atom is 0.260 e. The van der Waals surface area contributed by atoms with Gasteiger partial charge in [0.15, 0.2) is 11.5 Å². The summed E-state index contributed by atoms with van der Waals surface area (Å²) in [5.74, 6) is 1.03. The fourth-order valence-electron chi connectivity index (χ4n) is 2.42. The van der Waals surface area contributed by atoms with Gasteiger partial charge in [-0.15, -0.1) is 0 Å². The third kappa shape index (κ3) is 5.11. The molecule has 134 valence electrons. The molecule has 6 nitrogen and oxygen atoms in total. The van der Waals surface area contributed by atoms with Gasteiger partial charge in [0.25, 0.3) is 11.5 Å². The molecule has 0 unspecified atom stereocenters. The van der Waals surface area contributed by atoms with Crippen molar-refractivity contribution in [2.45, 2.75) is 27.2 Å². The highest BCUT2D eigenvalue weighted by molar-refractivity contribution is 5.93.